The number of hydrogen-bond donors (Lipinski definition) is 2. The van der Waals surface area contributed by atoms with Gasteiger partial charge in [-0.15, -0.1) is 0 Å². The van der Waals surface area contributed by atoms with Gasteiger partial charge in [-0.25, -0.2) is 22.4 Å². The maximum atomic E-state index is 12.9. The monoisotopic (exact) mass is 230 g/mol. The van der Waals surface area contributed by atoms with Crippen molar-refractivity contribution in [1.29, 1.82) is 0 Å². The van der Waals surface area contributed by atoms with Crippen molar-refractivity contribution < 1.29 is 27.1 Å². The standard InChI is InChI=1S/C7H10F4N2O2/c8-5(9)2-15-6(14)13-4-1-12-3-7(4,10)11/h4-5,12H,1-3H2,(H,13,14). The van der Waals surface area contributed by atoms with Crippen molar-refractivity contribution in [3.63, 3.8) is 0 Å². The van der Waals surface area contributed by atoms with Crippen molar-refractivity contribution in [2.24, 2.45) is 0 Å². The van der Waals surface area contributed by atoms with E-state index in [4.69, 9.17) is 0 Å². The second kappa shape index (κ2) is 4.65. The lowest BCUT2D eigenvalue weighted by Crippen LogP contribution is -2.47. The van der Waals surface area contributed by atoms with Gasteiger partial charge in [0.25, 0.3) is 12.3 Å². The van der Waals surface area contributed by atoms with E-state index in [0.717, 1.165) is 0 Å². The molecule has 15 heavy (non-hydrogen) atoms. The van der Waals surface area contributed by atoms with Crippen LogP contribution in [0.3, 0.4) is 0 Å². The summed E-state index contributed by atoms with van der Waals surface area (Å²) in [6.07, 6.45) is -4.07. The molecular weight excluding hydrogens is 220 g/mol. The number of amides is 1. The van der Waals surface area contributed by atoms with Crippen LogP contribution in [-0.2, 0) is 4.74 Å². The Kier molecular flexibility index (Phi) is 3.72. The molecule has 2 N–H and O–H groups in total. The Morgan fingerprint density at radius 2 is 2.27 bits per heavy atom. The third-order valence-electron chi connectivity index (χ3n) is 1.85. The Morgan fingerprint density at radius 1 is 1.60 bits per heavy atom. The first kappa shape index (κ1) is 12.0. The average Bonchev–Trinajstić information content (AvgIpc) is 2.43. The van der Waals surface area contributed by atoms with Gasteiger partial charge in [-0.05, 0) is 0 Å². The molecule has 88 valence electrons. The molecule has 1 saturated heterocycles. The molecular formula is C7H10F4N2O2. The number of alkyl carbamates (subject to hydrolysis) is 1. The number of nitrogens with one attached hydrogen (secondary N) is 2. The summed E-state index contributed by atoms with van der Waals surface area (Å²) in [6.45, 7) is -1.76. The van der Waals surface area contributed by atoms with Crippen molar-refractivity contribution in [2.45, 2.75) is 18.4 Å². The van der Waals surface area contributed by atoms with Crippen LogP contribution in [0, 0.1) is 0 Å². The number of carbonyl (C=O) groups excluding carboxylic acids is 1. The van der Waals surface area contributed by atoms with Crippen molar-refractivity contribution >= 4 is 6.09 Å². The second-order valence-electron chi connectivity index (χ2n) is 3.08. The van der Waals surface area contributed by atoms with Crippen molar-refractivity contribution in [3.8, 4) is 0 Å². The van der Waals surface area contributed by atoms with E-state index in [2.05, 4.69) is 10.1 Å². The van der Waals surface area contributed by atoms with Crippen LogP contribution in [0.5, 0.6) is 0 Å². The summed E-state index contributed by atoms with van der Waals surface area (Å²) >= 11 is 0. The van der Waals surface area contributed by atoms with E-state index in [9.17, 15) is 22.4 Å². The van der Waals surface area contributed by atoms with Crippen LogP contribution in [0.1, 0.15) is 0 Å². The molecule has 0 aliphatic carbocycles. The fraction of sp³-hybridized carbons (Fsp3) is 0.857. The molecule has 1 aliphatic rings. The molecule has 0 aromatic rings. The third-order valence-corrected chi connectivity index (χ3v) is 1.85. The average molecular weight is 230 g/mol. The Bertz CT molecular complexity index is 237. The smallest absolute Gasteiger partial charge is 0.407 e. The first-order valence-corrected chi connectivity index (χ1v) is 4.22. The number of halogens is 4. The SMILES string of the molecule is O=C(NC1CNCC1(F)F)OCC(F)F. The first-order valence-electron chi connectivity index (χ1n) is 4.22. The van der Waals surface area contributed by atoms with E-state index in [-0.39, 0.29) is 6.54 Å². The van der Waals surface area contributed by atoms with Crippen LogP contribution in [-0.4, -0.2) is 44.2 Å². The Balaban J connectivity index is 2.32. The lowest BCUT2D eigenvalue weighted by Gasteiger charge is -2.18. The maximum Gasteiger partial charge on any atom is 0.407 e. The summed E-state index contributed by atoms with van der Waals surface area (Å²) in [5.74, 6) is -3.08. The molecule has 0 aromatic carbocycles. The van der Waals surface area contributed by atoms with Gasteiger partial charge in [0.1, 0.15) is 6.04 Å². The summed E-state index contributed by atoms with van der Waals surface area (Å²) in [6, 6.07) is -1.41. The van der Waals surface area contributed by atoms with Crippen molar-refractivity contribution in [1.82, 2.24) is 10.6 Å². The molecule has 0 spiro atoms. The van der Waals surface area contributed by atoms with Gasteiger partial charge in [0.2, 0.25) is 0 Å². The van der Waals surface area contributed by atoms with E-state index in [1.54, 1.807) is 0 Å². The summed E-state index contributed by atoms with van der Waals surface area (Å²) in [5.41, 5.74) is 0. The fourth-order valence-corrected chi connectivity index (χ4v) is 1.13. The number of hydrogen-bond acceptors (Lipinski definition) is 3. The lowest BCUT2D eigenvalue weighted by molar-refractivity contribution is -0.00722. The zero-order chi connectivity index (χ0) is 11.5. The van der Waals surface area contributed by atoms with Gasteiger partial charge in [0.05, 0.1) is 6.54 Å². The first-order chi connectivity index (χ1) is 6.92. The minimum Gasteiger partial charge on any atom is -0.443 e. The van der Waals surface area contributed by atoms with Gasteiger partial charge in [-0.3, -0.25) is 0 Å². The van der Waals surface area contributed by atoms with Gasteiger partial charge in [0.15, 0.2) is 6.61 Å². The molecule has 1 aliphatic heterocycles. The van der Waals surface area contributed by atoms with Gasteiger partial charge in [-0.2, -0.15) is 0 Å². The topological polar surface area (TPSA) is 50.4 Å². The largest absolute Gasteiger partial charge is 0.443 e. The van der Waals surface area contributed by atoms with Crippen LogP contribution < -0.4 is 10.6 Å². The zero-order valence-electron chi connectivity index (χ0n) is 7.60. The molecule has 0 saturated carbocycles. The Morgan fingerprint density at radius 3 is 2.73 bits per heavy atom. The van der Waals surface area contributed by atoms with Crippen molar-refractivity contribution in [2.75, 3.05) is 19.7 Å². The molecule has 8 heteroatoms. The van der Waals surface area contributed by atoms with Gasteiger partial charge in [-0.1, -0.05) is 0 Å². The van der Waals surface area contributed by atoms with Crippen LogP contribution in [0.25, 0.3) is 0 Å². The van der Waals surface area contributed by atoms with Gasteiger partial charge >= 0.3 is 6.09 Å². The van der Waals surface area contributed by atoms with Crippen molar-refractivity contribution in [3.05, 3.63) is 0 Å². The van der Waals surface area contributed by atoms with E-state index < -0.39 is 37.6 Å². The van der Waals surface area contributed by atoms with E-state index in [1.165, 1.54) is 0 Å². The van der Waals surface area contributed by atoms with E-state index in [1.807, 2.05) is 5.32 Å². The van der Waals surface area contributed by atoms with Gasteiger partial charge in [0, 0.05) is 6.54 Å². The predicted octanol–water partition coefficient (Wildman–Crippen LogP) is 0.585. The summed E-state index contributed by atoms with van der Waals surface area (Å²) in [4.78, 5) is 10.8. The molecule has 1 heterocycles. The molecule has 0 radical (unpaired) electrons. The van der Waals surface area contributed by atoms with E-state index in [0.29, 0.717) is 0 Å². The molecule has 1 fully saturated rings. The summed E-state index contributed by atoms with van der Waals surface area (Å²) in [5, 5.41) is 4.18. The van der Waals surface area contributed by atoms with Crippen LogP contribution in [0.15, 0.2) is 0 Å². The summed E-state index contributed by atoms with van der Waals surface area (Å²) < 4.78 is 53.0. The van der Waals surface area contributed by atoms with Crippen LogP contribution in [0.4, 0.5) is 22.4 Å². The predicted molar refractivity (Wildman–Crippen MR) is 42.1 cm³/mol. The quantitative estimate of drug-likeness (QED) is 0.697. The van der Waals surface area contributed by atoms with Gasteiger partial charge < -0.3 is 15.4 Å². The highest BCUT2D eigenvalue weighted by molar-refractivity contribution is 5.67. The molecule has 0 aromatic heterocycles. The maximum absolute atomic E-state index is 12.9. The number of rotatable bonds is 3. The van der Waals surface area contributed by atoms with Crippen LogP contribution >= 0.6 is 0 Å². The molecule has 0 bridgehead atoms. The molecule has 4 nitrogen and oxygen atoms in total. The Hall–Kier alpha value is -1.05. The summed E-state index contributed by atoms with van der Waals surface area (Å²) in [7, 11) is 0. The zero-order valence-corrected chi connectivity index (χ0v) is 7.60. The van der Waals surface area contributed by atoms with Crippen LogP contribution in [0.2, 0.25) is 0 Å². The lowest BCUT2D eigenvalue weighted by atomic mass is 10.2. The normalized spacial score (nSPS) is 24.2. The minimum absolute atomic E-state index is 0.114. The molecule has 1 amide bonds. The highest BCUT2D eigenvalue weighted by atomic mass is 19.3. The molecule has 1 atom stereocenters. The van der Waals surface area contributed by atoms with E-state index >= 15 is 0 Å². The second-order valence-corrected chi connectivity index (χ2v) is 3.08. The number of carbonyl (C=O) groups is 1. The third kappa shape index (κ3) is 3.54. The highest BCUT2D eigenvalue weighted by Gasteiger charge is 2.45. The fourth-order valence-electron chi connectivity index (χ4n) is 1.13. The number of ether oxygens (including phenoxy) is 1. The number of alkyl halides is 4. The Labute approximate surface area is 83.0 Å². The molecule has 1 rings (SSSR count). The highest BCUT2D eigenvalue weighted by Crippen LogP contribution is 2.21. The molecule has 1 unspecified atom stereocenters. The minimum atomic E-state index is -3.08.